The zero-order chi connectivity index (χ0) is 15.9. The summed E-state index contributed by atoms with van der Waals surface area (Å²) in [6.07, 6.45) is 4.62. The van der Waals surface area contributed by atoms with Crippen LogP contribution in [-0.2, 0) is 5.60 Å². The largest absolute Gasteiger partial charge is 0.382 e. The standard InChI is InChI=1S/C16H17N5O2/c22-15(12-4-1-3-11-5-7-17-14(11)12)21-8-2-6-16(23,10-21)13-9-18-20-19-13/h1,3-5,7,9,17,23H,2,6,8,10H2,(H,18,19,20). The van der Waals surface area contributed by atoms with E-state index in [9.17, 15) is 9.90 Å². The number of benzene rings is 1. The first kappa shape index (κ1) is 14.0. The molecule has 4 rings (SSSR count). The molecule has 1 aliphatic rings. The van der Waals surface area contributed by atoms with Crippen molar-refractivity contribution in [3.8, 4) is 0 Å². The minimum absolute atomic E-state index is 0.0836. The minimum Gasteiger partial charge on any atom is -0.382 e. The number of aromatic amines is 2. The Morgan fingerprint density at radius 1 is 1.35 bits per heavy atom. The Bertz CT molecular complexity index is 841. The van der Waals surface area contributed by atoms with Gasteiger partial charge < -0.3 is 15.0 Å². The van der Waals surface area contributed by atoms with Gasteiger partial charge in [-0.15, -0.1) is 0 Å². The Morgan fingerprint density at radius 2 is 2.26 bits per heavy atom. The molecule has 7 heteroatoms. The molecule has 0 spiro atoms. The van der Waals surface area contributed by atoms with Gasteiger partial charge in [0.2, 0.25) is 0 Å². The zero-order valence-corrected chi connectivity index (χ0v) is 12.5. The first-order valence-electron chi connectivity index (χ1n) is 7.61. The number of piperidine rings is 1. The van der Waals surface area contributed by atoms with Gasteiger partial charge in [0.1, 0.15) is 11.3 Å². The monoisotopic (exact) mass is 311 g/mol. The van der Waals surface area contributed by atoms with Gasteiger partial charge in [0.05, 0.1) is 23.8 Å². The number of hydrogen-bond donors (Lipinski definition) is 3. The highest BCUT2D eigenvalue weighted by molar-refractivity contribution is 6.05. The molecule has 3 aromatic rings. The maximum atomic E-state index is 12.9. The predicted molar refractivity (Wildman–Crippen MR) is 83.7 cm³/mol. The quantitative estimate of drug-likeness (QED) is 0.666. The summed E-state index contributed by atoms with van der Waals surface area (Å²) < 4.78 is 0. The average molecular weight is 311 g/mol. The predicted octanol–water partition coefficient (Wildman–Crippen LogP) is 1.41. The van der Waals surface area contributed by atoms with Crippen molar-refractivity contribution >= 4 is 16.8 Å². The van der Waals surface area contributed by atoms with Gasteiger partial charge in [0.25, 0.3) is 5.91 Å². The molecule has 1 saturated heterocycles. The Kier molecular flexibility index (Phi) is 3.16. The van der Waals surface area contributed by atoms with E-state index in [1.54, 1.807) is 4.90 Å². The normalized spacial score (nSPS) is 21.7. The number of carbonyl (C=O) groups is 1. The van der Waals surface area contributed by atoms with Crippen LogP contribution >= 0.6 is 0 Å². The summed E-state index contributed by atoms with van der Waals surface area (Å²) in [5.41, 5.74) is 0.780. The molecule has 23 heavy (non-hydrogen) atoms. The lowest BCUT2D eigenvalue weighted by Crippen LogP contribution is -2.48. The number of fused-ring (bicyclic) bond motifs is 1. The van der Waals surface area contributed by atoms with Crippen molar-refractivity contribution in [3.63, 3.8) is 0 Å². The minimum atomic E-state index is -1.15. The fourth-order valence-electron chi connectivity index (χ4n) is 3.28. The smallest absolute Gasteiger partial charge is 0.256 e. The number of nitrogens with zero attached hydrogens (tertiary/aromatic N) is 3. The second kappa shape index (κ2) is 5.20. The zero-order valence-electron chi connectivity index (χ0n) is 12.5. The van der Waals surface area contributed by atoms with Gasteiger partial charge in [0, 0.05) is 18.1 Å². The van der Waals surface area contributed by atoms with Crippen LogP contribution in [0.25, 0.3) is 10.9 Å². The number of para-hydroxylation sites is 1. The fraction of sp³-hybridized carbons (Fsp3) is 0.312. The molecule has 1 atom stereocenters. The number of rotatable bonds is 2. The number of aromatic nitrogens is 4. The Labute approximate surface area is 132 Å². The SMILES string of the molecule is O=C(c1cccc2cc[nH]c12)N1CCCC(O)(c2cn[nH]n2)C1. The molecule has 0 aliphatic carbocycles. The number of nitrogens with one attached hydrogen (secondary N) is 2. The van der Waals surface area contributed by atoms with Crippen LogP contribution in [-0.4, -0.2) is 49.4 Å². The van der Waals surface area contributed by atoms with Crippen LogP contribution < -0.4 is 0 Å². The molecule has 7 nitrogen and oxygen atoms in total. The summed E-state index contributed by atoms with van der Waals surface area (Å²) in [5, 5.41) is 22.1. The van der Waals surface area contributed by atoms with Crippen molar-refractivity contribution in [1.29, 1.82) is 0 Å². The summed E-state index contributed by atoms with van der Waals surface area (Å²) in [5.74, 6) is -0.0836. The summed E-state index contributed by atoms with van der Waals surface area (Å²) >= 11 is 0. The third kappa shape index (κ3) is 2.29. The molecule has 118 valence electrons. The summed E-state index contributed by atoms with van der Waals surface area (Å²) in [7, 11) is 0. The molecular weight excluding hydrogens is 294 g/mol. The van der Waals surface area contributed by atoms with Gasteiger partial charge in [-0.1, -0.05) is 12.1 Å². The van der Waals surface area contributed by atoms with E-state index in [4.69, 9.17) is 0 Å². The topological polar surface area (TPSA) is 97.9 Å². The number of likely N-dealkylation sites (tertiary alicyclic amines) is 1. The highest BCUT2D eigenvalue weighted by Gasteiger charge is 2.39. The van der Waals surface area contributed by atoms with Gasteiger partial charge in [0.15, 0.2) is 0 Å². The number of carbonyl (C=O) groups excluding carboxylic acids is 1. The number of β-amino-alcohol motifs (C(OH)–C–C–N with tert-alkyl or cyclic N) is 1. The molecule has 1 fully saturated rings. The van der Waals surface area contributed by atoms with E-state index < -0.39 is 5.60 Å². The van der Waals surface area contributed by atoms with Crippen LogP contribution in [0.4, 0.5) is 0 Å². The molecule has 1 unspecified atom stereocenters. The van der Waals surface area contributed by atoms with Crippen LogP contribution in [0, 0.1) is 0 Å². The van der Waals surface area contributed by atoms with Crippen LogP contribution in [0.3, 0.4) is 0 Å². The number of aliphatic hydroxyl groups is 1. The lowest BCUT2D eigenvalue weighted by molar-refractivity contribution is -0.0319. The van der Waals surface area contributed by atoms with E-state index in [0.29, 0.717) is 24.2 Å². The molecule has 1 aromatic carbocycles. The summed E-state index contributed by atoms with van der Waals surface area (Å²) in [4.78, 5) is 17.7. The molecular formula is C16H17N5O2. The third-order valence-corrected chi connectivity index (χ3v) is 4.47. The highest BCUT2D eigenvalue weighted by atomic mass is 16.3. The van der Waals surface area contributed by atoms with E-state index in [1.807, 2.05) is 30.5 Å². The molecule has 0 radical (unpaired) electrons. The van der Waals surface area contributed by atoms with Gasteiger partial charge in [-0.05, 0) is 25.0 Å². The van der Waals surface area contributed by atoms with Crippen LogP contribution in [0.5, 0.6) is 0 Å². The van der Waals surface area contributed by atoms with Crippen molar-refractivity contribution in [2.45, 2.75) is 18.4 Å². The van der Waals surface area contributed by atoms with Crippen molar-refractivity contribution < 1.29 is 9.90 Å². The number of hydrogen-bond acceptors (Lipinski definition) is 4. The number of amides is 1. The van der Waals surface area contributed by atoms with Crippen molar-refractivity contribution in [2.75, 3.05) is 13.1 Å². The molecule has 0 saturated carbocycles. The second-order valence-electron chi connectivity index (χ2n) is 5.96. The van der Waals surface area contributed by atoms with Crippen LogP contribution in [0.15, 0.2) is 36.7 Å². The third-order valence-electron chi connectivity index (χ3n) is 4.47. The van der Waals surface area contributed by atoms with E-state index in [1.165, 1.54) is 6.20 Å². The molecule has 0 bridgehead atoms. The molecule has 3 heterocycles. The molecule has 3 N–H and O–H groups in total. The maximum Gasteiger partial charge on any atom is 0.256 e. The first-order chi connectivity index (χ1) is 11.2. The molecule has 1 amide bonds. The maximum absolute atomic E-state index is 12.9. The van der Waals surface area contributed by atoms with Crippen LogP contribution in [0.1, 0.15) is 28.9 Å². The van der Waals surface area contributed by atoms with Crippen molar-refractivity contribution in [1.82, 2.24) is 25.3 Å². The van der Waals surface area contributed by atoms with E-state index in [0.717, 1.165) is 17.3 Å². The van der Waals surface area contributed by atoms with Crippen LogP contribution in [0.2, 0.25) is 0 Å². The van der Waals surface area contributed by atoms with Crippen molar-refractivity contribution in [2.24, 2.45) is 0 Å². The Balaban J connectivity index is 1.65. The van der Waals surface area contributed by atoms with Gasteiger partial charge >= 0.3 is 0 Å². The highest BCUT2D eigenvalue weighted by Crippen LogP contribution is 2.31. The average Bonchev–Trinajstić information content (AvgIpc) is 3.25. The summed E-state index contributed by atoms with van der Waals surface area (Å²) in [6.45, 7) is 0.839. The lowest BCUT2D eigenvalue weighted by atomic mass is 9.89. The lowest BCUT2D eigenvalue weighted by Gasteiger charge is -2.38. The fourth-order valence-corrected chi connectivity index (χ4v) is 3.28. The first-order valence-corrected chi connectivity index (χ1v) is 7.61. The van der Waals surface area contributed by atoms with Gasteiger partial charge in [-0.3, -0.25) is 4.79 Å². The summed E-state index contributed by atoms with van der Waals surface area (Å²) in [6, 6.07) is 7.58. The molecule has 2 aromatic heterocycles. The Morgan fingerprint density at radius 3 is 3.09 bits per heavy atom. The van der Waals surface area contributed by atoms with E-state index >= 15 is 0 Å². The Hall–Kier alpha value is -2.67. The molecule has 1 aliphatic heterocycles. The van der Waals surface area contributed by atoms with Gasteiger partial charge in [-0.2, -0.15) is 15.4 Å². The van der Waals surface area contributed by atoms with E-state index in [2.05, 4.69) is 20.4 Å². The van der Waals surface area contributed by atoms with Crippen molar-refractivity contribution in [3.05, 3.63) is 47.9 Å². The second-order valence-corrected chi connectivity index (χ2v) is 5.96. The van der Waals surface area contributed by atoms with E-state index in [-0.39, 0.29) is 12.5 Å². The number of H-pyrrole nitrogens is 2. The van der Waals surface area contributed by atoms with Gasteiger partial charge in [-0.25, -0.2) is 0 Å².